The number of nitrogens with zero attached hydrogens (tertiary/aromatic N) is 2. The summed E-state index contributed by atoms with van der Waals surface area (Å²) in [4.78, 5) is 7.79. The Morgan fingerprint density at radius 3 is 2.57 bits per heavy atom. The van der Waals surface area contributed by atoms with Crippen molar-refractivity contribution in [2.75, 3.05) is 13.1 Å². The monoisotopic (exact) mass is 366 g/mol. The number of hydrogen-bond acceptors (Lipinski definition) is 2. The van der Waals surface area contributed by atoms with E-state index in [1.165, 1.54) is 50.5 Å². The molecule has 1 aromatic heterocycles. The summed E-state index contributed by atoms with van der Waals surface area (Å²) in [7, 11) is 0. The molecule has 2 heterocycles. The highest BCUT2D eigenvalue weighted by atomic mass is 15.1. The molecule has 1 aliphatic rings. The minimum absolute atomic E-state index is 0.999. The average molecular weight is 367 g/mol. The van der Waals surface area contributed by atoms with E-state index in [1.54, 1.807) is 0 Å². The Labute approximate surface area is 166 Å². The van der Waals surface area contributed by atoms with Gasteiger partial charge in [0.1, 0.15) is 0 Å². The number of rotatable bonds is 3. The van der Waals surface area contributed by atoms with E-state index in [1.807, 2.05) is 0 Å². The molecule has 0 radical (unpaired) electrons. The van der Waals surface area contributed by atoms with Crippen LogP contribution in [0.3, 0.4) is 0 Å². The second-order valence-corrected chi connectivity index (χ2v) is 7.99. The van der Waals surface area contributed by atoms with E-state index in [4.69, 9.17) is 4.98 Å². The van der Waals surface area contributed by atoms with Crippen molar-refractivity contribution >= 4 is 21.7 Å². The van der Waals surface area contributed by atoms with Crippen LogP contribution in [0.5, 0.6) is 0 Å². The maximum absolute atomic E-state index is 5.21. The fourth-order valence-electron chi connectivity index (χ4n) is 4.63. The molecular formula is C26H26N2. The van der Waals surface area contributed by atoms with Crippen LogP contribution in [0, 0.1) is 6.92 Å². The van der Waals surface area contributed by atoms with Crippen molar-refractivity contribution in [3.05, 3.63) is 77.4 Å². The van der Waals surface area contributed by atoms with Crippen molar-refractivity contribution < 1.29 is 0 Å². The molecule has 0 unspecified atom stereocenters. The Morgan fingerprint density at radius 2 is 1.75 bits per heavy atom. The van der Waals surface area contributed by atoms with Crippen molar-refractivity contribution in [3.63, 3.8) is 0 Å². The topological polar surface area (TPSA) is 16.1 Å². The quantitative estimate of drug-likeness (QED) is 0.405. The van der Waals surface area contributed by atoms with Gasteiger partial charge in [-0.25, -0.2) is 4.98 Å². The van der Waals surface area contributed by atoms with Crippen molar-refractivity contribution in [1.29, 1.82) is 0 Å². The molecule has 0 N–H and O–H groups in total. The van der Waals surface area contributed by atoms with Gasteiger partial charge in [-0.1, -0.05) is 67.1 Å². The highest BCUT2D eigenvalue weighted by Gasteiger charge is 2.24. The Bertz CT molecular complexity index is 1160. The molecule has 0 atom stereocenters. The van der Waals surface area contributed by atoms with E-state index in [0.717, 1.165) is 31.6 Å². The normalized spacial score (nSPS) is 14.5. The second-order valence-electron chi connectivity index (χ2n) is 7.99. The molecule has 28 heavy (non-hydrogen) atoms. The zero-order chi connectivity index (χ0) is 19.1. The summed E-state index contributed by atoms with van der Waals surface area (Å²) in [6.07, 6.45) is 2.29. The average Bonchev–Trinajstić information content (AvgIpc) is 2.73. The highest BCUT2D eigenvalue weighted by Crippen LogP contribution is 2.37. The fourth-order valence-corrected chi connectivity index (χ4v) is 4.63. The number of pyridine rings is 1. The van der Waals surface area contributed by atoms with Gasteiger partial charge in [0.05, 0.1) is 11.2 Å². The fraction of sp³-hybridized carbons (Fsp3) is 0.269. The number of aromatic nitrogens is 1. The smallest absolute Gasteiger partial charge is 0.0757 e. The first-order chi connectivity index (χ1) is 13.7. The molecule has 0 bridgehead atoms. The number of aryl methyl sites for hydroxylation is 1. The molecule has 0 fully saturated rings. The van der Waals surface area contributed by atoms with Crippen molar-refractivity contribution in [3.8, 4) is 11.3 Å². The van der Waals surface area contributed by atoms with Gasteiger partial charge in [-0.05, 0) is 54.3 Å². The second kappa shape index (κ2) is 7.03. The van der Waals surface area contributed by atoms with Gasteiger partial charge in [-0.2, -0.15) is 0 Å². The minimum Gasteiger partial charge on any atom is -0.299 e. The predicted octanol–water partition coefficient (Wildman–Crippen LogP) is 6.13. The zero-order valence-corrected chi connectivity index (χ0v) is 16.7. The summed E-state index contributed by atoms with van der Waals surface area (Å²) in [6.45, 7) is 7.69. The number of hydrogen-bond donors (Lipinski definition) is 0. The van der Waals surface area contributed by atoms with Crippen LogP contribution < -0.4 is 0 Å². The Kier molecular flexibility index (Phi) is 4.37. The molecule has 3 aromatic carbocycles. The first-order valence-electron chi connectivity index (χ1n) is 10.4. The Morgan fingerprint density at radius 1 is 0.929 bits per heavy atom. The van der Waals surface area contributed by atoms with Gasteiger partial charge in [0, 0.05) is 24.0 Å². The molecule has 0 aliphatic carbocycles. The van der Waals surface area contributed by atoms with Gasteiger partial charge >= 0.3 is 0 Å². The number of benzene rings is 3. The standard InChI is InChI=1S/C26H26N2/c1-3-15-28-16-14-22-23(17-28)26(20-10-8-18(2)9-11-20)27-24-13-12-19-6-4-5-7-21(19)25(22)24/h4-13H,3,14-17H2,1-2H3. The van der Waals surface area contributed by atoms with Crippen LogP contribution in [0.25, 0.3) is 32.9 Å². The largest absolute Gasteiger partial charge is 0.299 e. The van der Waals surface area contributed by atoms with Gasteiger partial charge in [-0.3, -0.25) is 4.90 Å². The zero-order valence-electron chi connectivity index (χ0n) is 16.7. The van der Waals surface area contributed by atoms with Crippen molar-refractivity contribution in [2.24, 2.45) is 0 Å². The van der Waals surface area contributed by atoms with Gasteiger partial charge in [-0.15, -0.1) is 0 Å². The summed E-state index contributed by atoms with van der Waals surface area (Å²) in [6, 6.07) is 22.0. The Hall–Kier alpha value is -2.71. The van der Waals surface area contributed by atoms with E-state index in [2.05, 4.69) is 79.4 Å². The van der Waals surface area contributed by atoms with Gasteiger partial charge in [0.15, 0.2) is 0 Å². The molecule has 2 nitrogen and oxygen atoms in total. The lowest BCUT2D eigenvalue weighted by atomic mass is 9.89. The summed E-state index contributed by atoms with van der Waals surface area (Å²) in [5, 5.41) is 4.00. The summed E-state index contributed by atoms with van der Waals surface area (Å²) >= 11 is 0. The van der Waals surface area contributed by atoms with E-state index in [-0.39, 0.29) is 0 Å². The number of fused-ring (bicyclic) bond motifs is 5. The van der Waals surface area contributed by atoms with Crippen molar-refractivity contribution in [2.45, 2.75) is 33.2 Å². The molecule has 4 aromatic rings. The first-order valence-corrected chi connectivity index (χ1v) is 10.4. The van der Waals surface area contributed by atoms with Crippen LogP contribution in [0.2, 0.25) is 0 Å². The van der Waals surface area contributed by atoms with E-state index in [0.29, 0.717) is 0 Å². The van der Waals surface area contributed by atoms with Crippen LogP contribution >= 0.6 is 0 Å². The molecule has 140 valence electrons. The van der Waals surface area contributed by atoms with Crippen LogP contribution in [0.1, 0.15) is 30.0 Å². The van der Waals surface area contributed by atoms with E-state index in [9.17, 15) is 0 Å². The predicted molar refractivity (Wildman–Crippen MR) is 119 cm³/mol. The molecule has 2 heteroatoms. The lowest BCUT2D eigenvalue weighted by molar-refractivity contribution is 0.255. The third-order valence-electron chi connectivity index (χ3n) is 6.02. The van der Waals surface area contributed by atoms with Crippen LogP contribution in [-0.2, 0) is 13.0 Å². The molecule has 1 aliphatic heterocycles. The van der Waals surface area contributed by atoms with Crippen LogP contribution in [-0.4, -0.2) is 23.0 Å². The van der Waals surface area contributed by atoms with Crippen LogP contribution in [0.15, 0.2) is 60.7 Å². The van der Waals surface area contributed by atoms with Gasteiger partial charge in [0.25, 0.3) is 0 Å². The molecular weight excluding hydrogens is 340 g/mol. The van der Waals surface area contributed by atoms with Crippen LogP contribution in [0.4, 0.5) is 0 Å². The highest BCUT2D eigenvalue weighted by molar-refractivity contribution is 6.09. The molecule has 0 amide bonds. The van der Waals surface area contributed by atoms with Gasteiger partial charge < -0.3 is 0 Å². The maximum Gasteiger partial charge on any atom is 0.0757 e. The molecule has 5 rings (SSSR count). The van der Waals surface area contributed by atoms with Crippen molar-refractivity contribution in [1.82, 2.24) is 9.88 Å². The molecule has 0 saturated heterocycles. The minimum atomic E-state index is 0.999. The molecule has 0 saturated carbocycles. The Balaban J connectivity index is 1.81. The SMILES string of the molecule is CCCN1CCc2c(c(-c3ccc(C)cc3)nc3ccc4ccccc4c23)C1. The lowest BCUT2D eigenvalue weighted by Crippen LogP contribution is -2.32. The van der Waals surface area contributed by atoms with E-state index < -0.39 is 0 Å². The third kappa shape index (κ3) is 2.89. The summed E-state index contributed by atoms with van der Waals surface area (Å²) in [5.74, 6) is 0. The van der Waals surface area contributed by atoms with E-state index >= 15 is 0 Å². The first kappa shape index (κ1) is 17.4. The summed E-state index contributed by atoms with van der Waals surface area (Å²) in [5.41, 5.74) is 7.74. The van der Waals surface area contributed by atoms with Gasteiger partial charge in [0.2, 0.25) is 0 Å². The maximum atomic E-state index is 5.21. The summed E-state index contributed by atoms with van der Waals surface area (Å²) < 4.78 is 0. The molecule has 0 spiro atoms. The third-order valence-corrected chi connectivity index (χ3v) is 6.02. The lowest BCUT2D eigenvalue weighted by Gasteiger charge is -2.31.